The van der Waals surface area contributed by atoms with E-state index in [0.29, 0.717) is 46.5 Å². The summed E-state index contributed by atoms with van der Waals surface area (Å²) < 4.78 is 23.4. The summed E-state index contributed by atoms with van der Waals surface area (Å²) >= 11 is 8.13. The molecule has 2 unspecified atom stereocenters. The van der Waals surface area contributed by atoms with E-state index in [2.05, 4.69) is 40.5 Å². The fourth-order valence-corrected chi connectivity index (χ4v) is 6.38. The molecule has 0 amide bonds. The van der Waals surface area contributed by atoms with Crippen molar-refractivity contribution in [2.24, 2.45) is 5.92 Å². The number of nitrogens with two attached hydrogens (primary N) is 1. The van der Waals surface area contributed by atoms with Crippen LogP contribution >= 0.6 is 22.9 Å². The van der Waals surface area contributed by atoms with E-state index in [-0.39, 0.29) is 34.1 Å². The maximum absolute atomic E-state index is 16.4. The van der Waals surface area contributed by atoms with Crippen molar-refractivity contribution in [3.63, 3.8) is 0 Å². The third-order valence-corrected chi connectivity index (χ3v) is 8.32. The van der Waals surface area contributed by atoms with Gasteiger partial charge in [-0.15, -0.1) is 0 Å². The number of rotatable bonds is 5. The van der Waals surface area contributed by atoms with Gasteiger partial charge in [0, 0.05) is 41.7 Å². The number of hydrogen-bond donors (Lipinski definition) is 3. The SMILES string of the molecule is CC1CNCC=C1c1nc(OCC2CC[C@H](C)N2)nc2c(F)c(-c3cccc4sc(N)nc34)c(Cl)cc12. The molecule has 0 aliphatic carbocycles. The number of fused-ring (bicyclic) bond motifs is 2. The molecule has 3 atom stereocenters. The van der Waals surface area contributed by atoms with Crippen LogP contribution in [0, 0.1) is 11.7 Å². The molecule has 4 N–H and O–H groups in total. The molecule has 0 saturated carbocycles. The number of halogens is 2. The number of nitrogens with one attached hydrogen (secondary N) is 2. The highest BCUT2D eigenvalue weighted by atomic mass is 35.5. The van der Waals surface area contributed by atoms with E-state index >= 15 is 4.39 Å². The van der Waals surface area contributed by atoms with Crippen LogP contribution in [0.4, 0.5) is 9.52 Å². The third-order valence-electron chi connectivity index (χ3n) is 7.17. The van der Waals surface area contributed by atoms with Gasteiger partial charge < -0.3 is 21.1 Å². The number of hydrogen-bond acceptors (Lipinski definition) is 8. The summed E-state index contributed by atoms with van der Waals surface area (Å²) in [7, 11) is 0. The summed E-state index contributed by atoms with van der Waals surface area (Å²) in [6.45, 7) is 6.22. The highest BCUT2D eigenvalue weighted by molar-refractivity contribution is 7.22. The van der Waals surface area contributed by atoms with Crippen molar-refractivity contribution in [1.29, 1.82) is 0 Å². The maximum atomic E-state index is 16.4. The first kappa shape index (κ1) is 24.5. The lowest BCUT2D eigenvalue weighted by molar-refractivity contribution is 0.255. The van der Waals surface area contributed by atoms with Gasteiger partial charge in [-0.2, -0.15) is 9.97 Å². The first-order valence-corrected chi connectivity index (χ1v) is 13.7. The van der Waals surface area contributed by atoms with E-state index in [0.717, 1.165) is 29.7 Å². The molecule has 0 radical (unpaired) electrons. The topological polar surface area (TPSA) is 98.0 Å². The van der Waals surface area contributed by atoms with Crippen LogP contribution in [0.15, 0.2) is 30.3 Å². The van der Waals surface area contributed by atoms with Crippen molar-refractivity contribution < 1.29 is 9.13 Å². The lowest BCUT2D eigenvalue weighted by Crippen LogP contribution is -2.32. The minimum atomic E-state index is -0.523. The number of anilines is 1. The van der Waals surface area contributed by atoms with Crippen molar-refractivity contribution >= 4 is 54.8 Å². The van der Waals surface area contributed by atoms with Gasteiger partial charge in [0.2, 0.25) is 0 Å². The molecule has 2 aromatic heterocycles. The van der Waals surface area contributed by atoms with Gasteiger partial charge in [-0.25, -0.2) is 9.37 Å². The summed E-state index contributed by atoms with van der Waals surface area (Å²) in [5, 5.41) is 8.12. The van der Waals surface area contributed by atoms with E-state index < -0.39 is 5.82 Å². The number of nitrogen functional groups attached to an aromatic ring is 1. The third kappa shape index (κ3) is 4.54. The quantitative estimate of drug-likeness (QED) is 0.312. The highest BCUT2D eigenvalue weighted by Crippen LogP contribution is 2.42. The molecule has 2 aliphatic rings. The monoisotopic (exact) mass is 538 g/mol. The van der Waals surface area contributed by atoms with Crippen molar-refractivity contribution in [3.05, 3.63) is 46.9 Å². The number of thiazole rings is 1. The second-order valence-corrected chi connectivity index (χ2v) is 11.3. The Morgan fingerprint density at radius 2 is 2.05 bits per heavy atom. The second kappa shape index (κ2) is 9.79. The predicted octanol–water partition coefficient (Wildman–Crippen LogP) is 5.42. The first-order chi connectivity index (χ1) is 17.9. The Balaban J connectivity index is 1.52. The van der Waals surface area contributed by atoms with Gasteiger partial charge in [0.25, 0.3) is 0 Å². The van der Waals surface area contributed by atoms with E-state index in [4.69, 9.17) is 27.1 Å². The summed E-state index contributed by atoms with van der Waals surface area (Å²) in [4.78, 5) is 13.8. The Labute approximate surface area is 223 Å². The van der Waals surface area contributed by atoms with Crippen molar-refractivity contribution in [1.82, 2.24) is 25.6 Å². The molecule has 2 aliphatic heterocycles. The van der Waals surface area contributed by atoms with Crippen LogP contribution < -0.4 is 21.1 Å². The smallest absolute Gasteiger partial charge is 0.317 e. The van der Waals surface area contributed by atoms with Gasteiger partial charge in [-0.1, -0.05) is 48.1 Å². The predicted molar refractivity (Wildman–Crippen MR) is 149 cm³/mol. The second-order valence-electron chi connectivity index (χ2n) is 9.87. The Morgan fingerprint density at radius 3 is 2.84 bits per heavy atom. The zero-order valence-corrected chi connectivity index (χ0v) is 22.2. The Bertz CT molecular complexity index is 1540. The maximum Gasteiger partial charge on any atom is 0.317 e. The fourth-order valence-electron chi connectivity index (χ4n) is 5.32. The molecule has 6 rings (SSSR count). The molecule has 0 spiro atoms. The van der Waals surface area contributed by atoms with Crippen LogP contribution in [-0.4, -0.2) is 46.7 Å². The number of ether oxygens (including phenoxy) is 1. The van der Waals surface area contributed by atoms with Crippen LogP contribution in [-0.2, 0) is 0 Å². The Hall–Kier alpha value is -2.85. The van der Waals surface area contributed by atoms with Crippen LogP contribution in [0.1, 0.15) is 32.4 Å². The van der Waals surface area contributed by atoms with Gasteiger partial charge in [-0.3, -0.25) is 0 Å². The normalized spacial score (nSPS) is 22.1. The summed E-state index contributed by atoms with van der Waals surface area (Å²) in [5.41, 5.74) is 9.27. The number of para-hydroxylation sites is 1. The lowest BCUT2D eigenvalue weighted by atomic mass is 9.91. The van der Waals surface area contributed by atoms with E-state index in [1.54, 1.807) is 6.07 Å². The standard InChI is InChI=1S/C27H28ClFN6OS/c1-13-11-31-9-8-16(13)23-18-10-19(28)21(17-4-3-5-20-24(17)33-26(30)37-20)22(29)25(18)35-27(34-23)36-12-15-7-6-14(2)32-15/h3-5,8,10,13-15,31-32H,6-7,9,11-12H2,1-2H3,(H2,30,33)/t13?,14-,15?/m0/s1. The van der Waals surface area contributed by atoms with E-state index in [1.165, 1.54) is 11.3 Å². The van der Waals surface area contributed by atoms with Gasteiger partial charge in [-0.05, 0) is 43.4 Å². The van der Waals surface area contributed by atoms with Crippen LogP contribution in [0.3, 0.4) is 0 Å². The number of nitrogens with zero attached hydrogens (tertiary/aromatic N) is 3. The molecule has 37 heavy (non-hydrogen) atoms. The molecule has 0 bridgehead atoms. The Kier molecular flexibility index (Phi) is 6.48. The molecule has 4 aromatic rings. The first-order valence-electron chi connectivity index (χ1n) is 12.5. The molecule has 7 nitrogen and oxygen atoms in total. The van der Waals surface area contributed by atoms with Gasteiger partial charge in [0.05, 0.1) is 20.9 Å². The average Bonchev–Trinajstić information content (AvgIpc) is 3.47. The largest absolute Gasteiger partial charge is 0.462 e. The molecule has 1 saturated heterocycles. The summed E-state index contributed by atoms with van der Waals surface area (Å²) in [5.74, 6) is -0.338. The lowest BCUT2D eigenvalue weighted by Gasteiger charge is -2.23. The minimum Gasteiger partial charge on any atom is -0.462 e. The van der Waals surface area contributed by atoms with Gasteiger partial charge >= 0.3 is 6.01 Å². The van der Waals surface area contributed by atoms with Gasteiger partial charge in [0.15, 0.2) is 10.9 Å². The molecule has 10 heteroatoms. The highest BCUT2D eigenvalue weighted by Gasteiger charge is 2.26. The molecular weight excluding hydrogens is 511 g/mol. The summed E-state index contributed by atoms with van der Waals surface area (Å²) in [6.07, 6.45) is 4.21. The molecule has 192 valence electrons. The molecule has 4 heterocycles. The zero-order chi connectivity index (χ0) is 25.7. The van der Waals surface area contributed by atoms with Crippen LogP contribution in [0.2, 0.25) is 5.02 Å². The number of benzene rings is 2. The van der Waals surface area contributed by atoms with Gasteiger partial charge in [0.1, 0.15) is 12.1 Å². The fraction of sp³-hybridized carbons (Fsp3) is 0.370. The van der Waals surface area contributed by atoms with Crippen LogP contribution in [0.5, 0.6) is 6.01 Å². The Morgan fingerprint density at radius 1 is 1.19 bits per heavy atom. The van der Waals surface area contributed by atoms with E-state index in [1.807, 2.05) is 18.2 Å². The molecule has 2 aromatic carbocycles. The van der Waals surface area contributed by atoms with Crippen molar-refractivity contribution in [3.8, 4) is 17.1 Å². The average molecular weight is 539 g/mol. The number of aromatic nitrogens is 3. The van der Waals surface area contributed by atoms with Crippen molar-refractivity contribution in [2.45, 2.75) is 38.8 Å². The minimum absolute atomic E-state index is 0.166. The van der Waals surface area contributed by atoms with E-state index in [9.17, 15) is 0 Å². The molecule has 1 fully saturated rings. The molecular formula is C27H28ClFN6OS. The van der Waals surface area contributed by atoms with Crippen molar-refractivity contribution in [2.75, 3.05) is 25.4 Å². The summed E-state index contributed by atoms with van der Waals surface area (Å²) in [6, 6.07) is 8.17. The zero-order valence-electron chi connectivity index (χ0n) is 20.6. The van der Waals surface area contributed by atoms with Crippen LogP contribution in [0.25, 0.3) is 37.8 Å².